The lowest BCUT2D eigenvalue weighted by Crippen LogP contribution is -2.59. The Hall–Kier alpha value is -1.88. The summed E-state index contributed by atoms with van der Waals surface area (Å²) in [5, 5.41) is 1.34. The Morgan fingerprint density at radius 2 is 1.50 bits per heavy atom. The van der Waals surface area contributed by atoms with Crippen LogP contribution in [0.3, 0.4) is 0 Å². The zero-order valence-electron chi connectivity index (χ0n) is 20.1. The number of carbonyl (C=O) groups excluding carboxylic acids is 2. The molecule has 34 heavy (non-hydrogen) atoms. The number of nitrogens with zero attached hydrogens (tertiary/aromatic N) is 2. The van der Waals surface area contributed by atoms with E-state index in [4.69, 9.17) is 23.2 Å². The first-order valence-electron chi connectivity index (χ1n) is 12.4. The molecule has 2 aromatic rings. The molecule has 0 N–H and O–H groups in total. The van der Waals surface area contributed by atoms with Crippen molar-refractivity contribution in [3.05, 3.63) is 69.2 Å². The quantitative estimate of drug-likeness (QED) is 0.470. The second-order valence-corrected chi connectivity index (χ2v) is 10.8. The van der Waals surface area contributed by atoms with Crippen molar-refractivity contribution in [2.24, 2.45) is 5.92 Å². The zero-order chi connectivity index (χ0) is 24.2. The highest BCUT2D eigenvalue weighted by molar-refractivity contribution is 6.32. The molecule has 1 saturated heterocycles. The number of hydrogen-bond donors (Lipinski definition) is 0. The third kappa shape index (κ3) is 6.02. The van der Waals surface area contributed by atoms with Crippen molar-refractivity contribution in [3.8, 4) is 0 Å². The number of amides is 1. The van der Waals surface area contributed by atoms with Crippen LogP contribution >= 0.6 is 23.2 Å². The second kappa shape index (κ2) is 11.2. The number of Topliss-reactive ketones (excluding diaryl/α,β-unsaturated/α-hetero) is 1. The van der Waals surface area contributed by atoms with Gasteiger partial charge in [0.15, 0.2) is 0 Å². The van der Waals surface area contributed by atoms with Crippen LogP contribution in [0.4, 0.5) is 0 Å². The molecule has 0 unspecified atom stereocenters. The van der Waals surface area contributed by atoms with Gasteiger partial charge in [-0.3, -0.25) is 14.5 Å². The molecule has 182 valence electrons. The van der Waals surface area contributed by atoms with Crippen molar-refractivity contribution in [1.82, 2.24) is 9.80 Å². The van der Waals surface area contributed by atoms with Crippen LogP contribution in [0.1, 0.15) is 56.2 Å². The maximum absolute atomic E-state index is 13.1. The van der Waals surface area contributed by atoms with Crippen molar-refractivity contribution in [3.63, 3.8) is 0 Å². The van der Waals surface area contributed by atoms with E-state index >= 15 is 0 Å². The third-order valence-corrected chi connectivity index (χ3v) is 7.95. The Labute approximate surface area is 213 Å². The average Bonchev–Trinajstić information content (AvgIpc) is 3.33. The van der Waals surface area contributed by atoms with E-state index in [0.717, 1.165) is 49.2 Å². The van der Waals surface area contributed by atoms with Crippen molar-refractivity contribution in [1.29, 1.82) is 0 Å². The molecule has 4 nitrogen and oxygen atoms in total. The summed E-state index contributed by atoms with van der Waals surface area (Å²) in [6, 6.07) is 13.7. The molecule has 0 aromatic heterocycles. The van der Waals surface area contributed by atoms with Gasteiger partial charge in [0.2, 0.25) is 5.91 Å². The Balaban J connectivity index is 1.37. The number of hydrogen-bond acceptors (Lipinski definition) is 3. The molecule has 1 amide bonds. The summed E-state index contributed by atoms with van der Waals surface area (Å²) in [7, 11) is 0. The first kappa shape index (κ1) is 25.2. The summed E-state index contributed by atoms with van der Waals surface area (Å²) in [5.74, 6) is 0.687. The van der Waals surface area contributed by atoms with Gasteiger partial charge in [-0.25, -0.2) is 0 Å². The highest BCUT2D eigenvalue weighted by Gasteiger charge is 2.37. The lowest BCUT2D eigenvalue weighted by Gasteiger charge is -2.45. The third-order valence-electron chi connectivity index (χ3n) is 7.21. The van der Waals surface area contributed by atoms with Gasteiger partial charge in [-0.2, -0.15) is 0 Å². The van der Waals surface area contributed by atoms with E-state index < -0.39 is 0 Å². The fourth-order valence-electron chi connectivity index (χ4n) is 5.62. The molecule has 0 radical (unpaired) electrons. The Bertz CT molecular complexity index is 1010. The van der Waals surface area contributed by atoms with Crippen LogP contribution in [0.2, 0.25) is 10.0 Å². The van der Waals surface area contributed by atoms with Gasteiger partial charge >= 0.3 is 0 Å². The van der Waals surface area contributed by atoms with Crippen molar-refractivity contribution < 1.29 is 9.59 Å². The summed E-state index contributed by atoms with van der Waals surface area (Å²) in [5.41, 5.74) is 2.86. The summed E-state index contributed by atoms with van der Waals surface area (Å²) in [6.45, 7) is 6.70. The van der Waals surface area contributed by atoms with Gasteiger partial charge < -0.3 is 4.90 Å². The van der Waals surface area contributed by atoms with E-state index in [1.54, 1.807) is 12.1 Å². The van der Waals surface area contributed by atoms with Crippen molar-refractivity contribution in [2.75, 3.05) is 13.1 Å². The Morgan fingerprint density at radius 1 is 0.882 bits per heavy atom. The minimum atomic E-state index is 0.127. The van der Waals surface area contributed by atoms with Crippen LogP contribution in [-0.4, -0.2) is 46.7 Å². The van der Waals surface area contributed by atoms with Crippen molar-refractivity contribution in [2.45, 2.75) is 71.0 Å². The van der Waals surface area contributed by atoms with Gasteiger partial charge in [0.25, 0.3) is 0 Å². The van der Waals surface area contributed by atoms with Crippen LogP contribution in [0, 0.1) is 5.92 Å². The van der Waals surface area contributed by atoms with Crippen LogP contribution in [0.5, 0.6) is 0 Å². The first-order valence-corrected chi connectivity index (χ1v) is 13.1. The molecule has 1 saturated carbocycles. The van der Waals surface area contributed by atoms with E-state index in [-0.39, 0.29) is 23.8 Å². The highest BCUT2D eigenvalue weighted by atomic mass is 35.5. The van der Waals surface area contributed by atoms with E-state index in [9.17, 15) is 9.59 Å². The number of rotatable bonds is 7. The molecule has 2 aromatic carbocycles. The standard InChI is InChI=1S/C28H34Cl2N2O2/c1-19-16-31(17-20(2)32(19)28(34)22-6-3-4-7-22)18-24-9-5-8-23(27(24)30)15-26(33)14-21-10-12-25(29)13-11-21/h5,8-13,19-20,22H,3-4,6-7,14-18H2,1-2H3/t19-,20+. The average molecular weight is 501 g/mol. The second-order valence-electron chi connectivity index (χ2n) is 10.0. The molecule has 2 aliphatic rings. The van der Waals surface area contributed by atoms with Crippen LogP contribution < -0.4 is 0 Å². The predicted octanol–water partition coefficient (Wildman–Crippen LogP) is 5.96. The molecule has 0 bridgehead atoms. The Morgan fingerprint density at radius 3 is 2.15 bits per heavy atom. The van der Waals surface area contributed by atoms with Gasteiger partial charge in [-0.1, -0.05) is 66.4 Å². The number of halogens is 2. The topological polar surface area (TPSA) is 40.6 Å². The van der Waals surface area contributed by atoms with E-state index in [2.05, 4.69) is 23.6 Å². The van der Waals surface area contributed by atoms with Gasteiger partial charge in [-0.05, 0) is 55.5 Å². The number of ketones is 1. The summed E-state index contributed by atoms with van der Waals surface area (Å²) in [4.78, 5) is 30.3. The fraction of sp³-hybridized carbons (Fsp3) is 0.500. The monoisotopic (exact) mass is 500 g/mol. The van der Waals surface area contributed by atoms with Gasteiger partial charge in [0.1, 0.15) is 5.78 Å². The molecular formula is C28H34Cl2N2O2. The maximum Gasteiger partial charge on any atom is 0.226 e. The van der Waals surface area contributed by atoms with Crippen LogP contribution in [-0.2, 0) is 29.0 Å². The summed E-state index contributed by atoms with van der Waals surface area (Å²) in [6.07, 6.45) is 5.11. The molecule has 2 atom stereocenters. The van der Waals surface area contributed by atoms with Gasteiger partial charge in [0, 0.05) is 60.5 Å². The molecule has 6 heteroatoms. The molecular weight excluding hydrogens is 467 g/mol. The molecule has 1 aliphatic heterocycles. The van der Waals surface area contributed by atoms with Crippen molar-refractivity contribution >= 4 is 34.9 Å². The minimum absolute atomic E-state index is 0.127. The molecule has 0 spiro atoms. The fourth-order valence-corrected chi connectivity index (χ4v) is 6.00. The van der Waals surface area contributed by atoms with Crippen LogP contribution in [0.25, 0.3) is 0 Å². The highest BCUT2D eigenvalue weighted by Crippen LogP contribution is 2.30. The van der Waals surface area contributed by atoms with Gasteiger partial charge in [0.05, 0.1) is 0 Å². The lowest BCUT2D eigenvalue weighted by molar-refractivity contribution is -0.143. The molecule has 1 aliphatic carbocycles. The number of piperazine rings is 1. The van der Waals surface area contributed by atoms with E-state index in [0.29, 0.717) is 28.8 Å². The SMILES string of the molecule is C[C@@H]1CN(Cc2cccc(CC(=O)Cc3ccc(Cl)cc3)c2Cl)C[C@H](C)N1C(=O)C1CCCC1. The minimum Gasteiger partial charge on any atom is -0.334 e. The summed E-state index contributed by atoms with van der Waals surface area (Å²) < 4.78 is 0. The largest absolute Gasteiger partial charge is 0.334 e. The van der Waals surface area contributed by atoms with E-state index in [1.807, 2.05) is 30.3 Å². The molecule has 4 rings (SSSR count). The van der Waals surface area contributed by atoms with Crippen LogP contribution in [0.15, 0.2) is 42.5 Å². The first-order chi connectivity index (χ1) is 16.3. The Kier molecular flexibility index (Phi) is 8.34. The predicted molar refractivity (Wildman–Crippen MR) is 138 cm³/mol. The smallest absolute Gasteiger partial charge is 0.226 e. The maximum atomic E-state index is 13.1. The number of carbonyl (C=O) groups is 2. The normalized spacial score (nSPS) is 21.7. The molecule has 2 fully saturated rings. The van der Waals surface area contributed by atoms with Gasteiger partial charge in [-0.15, -0.1) is 0 Å². The zero-order valence-corrected chi connectivity index (χ0v) is 21.6. The van der Waals surface area contributed by atoms with E-state index in [1.165, 1.54) is 12.8 Å². The lowest BCUT2D eigenvalue weighted by atomic mass is 9.99. The molecule has 1 heterocycles. The number of benzene rings is 2. The summed E-state index contributed by atoms with van der Waals surface area (Å²) >= 11 is 12.7.